The topological polar surface area (TPSA) is 89.3 Å². The molecule has 0 bridgehead atoms. The van der Waals surface area contributed by atoms with Crippen LogP contribution in [0.4, 0.5) is 5.69 Å². The molecule has 1 aromatic carbocycles. The molecule has 0 saturated heterocycles. The Hall–Kier alpha value is -1.47. The summed E-state index contributed by atoms with van der Waals surface area (Å²) in [7, 11) is -3.80. The number of hydrogen-bond donors (Lipinski definition) is 1. The van der Waals surface area contributed by atoms with Gasteiger partial charge in [0.25, 0.3) is 5.69 Å². The smallest absolute Gasteiger partial charge is 0.258 e. The summed E-state index contributed by atoms with van der Waals surface area (Å²) in [6.07, 6.45) is 1.58. The average molecular weight is 270 g/mol. The van der Waals surface area contributed by atoms with Gasteiger partial charge < -0.3 is 0 Å². The Labute approximate surface area is 105 Å². The third-order valence-electron chi connectivity index (χ3n) is 2.96. The van der Waals surface area contributed by atoms with Crippen molar-refractivity contribution in [3.63, 3.8) is 0 Å². The van der Waals surface area contributed by atoms with E-state index in [0.717, 1.165) is 18.4 Å². The predicted molar refractivity (Wildman–Crippen MR) is 65.9 cm³/mol. The third kappa shape index (κ3) is 2.51. The van der Waals surface area contributed by atoms with Crippen LogP contribution in [0.15, 0.2) is 17.0 Å². The maximum Gasteiger partial charge on any atom is 0.289 e. The van der Waals surface area contributed by atoms with Gasteiger partial charge in [0.1, 0.15) is 0 Å². The fourth-order valence-corrected chi connectivity index (χ4v) is 3.16. The standard InChI is InChI=1S/C11H14N2O4S/c1-7-5-10(13(14)15)11(6-8(7)2)18(16,17)12-9-3-4-9/h5-6,9,12H,3-4H2,1-2H3. The SMILES string of the molecule is Cc1cc([N+](=O)[O-])c(S(=O)(=O)NC2CC2)cc1C. The molecule has 1 aliphatic carbocycles. The highest BCUT2D eigenvalue weighted by Crippen LogP contribution is 2.29. The lowest BCUT2D eigenvalue weighted by molar-refractivity contribution is -0.387. The maximum absolute atomic E-state index is 12.1. The fraction of sp³-hybridized carbons (Fsp3) is 0.455. The lowest BCUT2D eigenvalue weighted by Gasteiger charge is -2.08. The highest BCUT2D eigenvalue weighted by atomic mass is 32.2. The van der Waals surface area contributed by atoms with Gasteiger partial charge in [-0.25, -0.2) is 13.1 Å². The lowest BCUT2D eigenvalue weighted by Crippen LogP contribution is -2.26. The minimum atomic E-state index is -3.80. The Bertz CT molecular complexity index is 606. The minimum absolute atomic E-state index is 0.0730. The first-order valence-corrected chi connectivity index (χ1v) is 7.07. The zero-order chi connectivity index (χ0) is 13.5. The number of rotatable bonds is 4. The van der Waals surface area contributed by atoms with Gasteiger partial charge in [-0.1, -0.05) is 0 Å². The normalized spacial score (nSPS) is 15.7. The number of hydrogen-bond acceptors (Lipinski definition) is 4. The van der Waals surface area contributed by atoms with E-state index >= 15 is 0 Å². The van der Waals surface area contributed by atoms with Crippen LogP contribution in [0.3, 0.4) is 0 Å². The van der Waals surface area contributed by atoms with Crippen molar-refractivity contribution in [3.8, 4) is 0 Å². The molecule has 1 aliphatic rings. The molecule has 1 N–H and O–H groups in total. The van der Waals surface area contributed by atoms with Gasteiger partial charge in [-0.3, -0.25) is 10.1 Å². The highest BCUT2D eigenvalue weighted by Gasteiger charge is 2.32. The van der Waals surface area contributed by atoms with Crippen LogP contribution in [-0.4, -0.2) is 19.4 Å². The second-order valence-electron chi connectivity index (χ2n) is 4.56. The molecule has 7 heteroatoms. The summed E-state index contributed by atoms with van der Waals surface area (Å²) in [6.45, 7) is 3.45. The molecule has 0 heterocycles. The average Bonchev–Trinajstić information content (AvgIpc) is 3.04. The van der Waals surface area contributed by atoms with Gasteiger partial charge in [0.2, 0.25) is 10.0 Å². The molecule has 1 aromatic rings. The van der Waals surface area contributed by atoms with Crippen molar-refractivity contribution in [2.24, 2.45) is 0 Å². The molecule has 98 valence electrons. The monoisotopic (exact) mass is 270 g/mol. The van der Waals surface area contributed by atoms with Crippen LogP contribution in [0.25, 0.3) is 0 Å². The summed E-state index contributed by atoms with van der Waals surface area (Å²) in [5.41, 5.74) is 1.05. The van der Waals surface area contributed by atoms with Crippen molar-refractivity contribution in [2.45, 2.75) is 37.6 Å². The molecule has 0 amide bonds. The minimum Gasteiger partial charge on any atom is -0.258 e. The molecule has 0 aliphatic heterocycles. The van der Waals surface area contributed by atoms with Crippen molar-refractivity contribution in [1.29, 1.82) is 0 Å². The van der Waals surface area contributed by atoms with Gasteiger partial charge in [-0.15, -0.1) is 0 Å². The van der Waals surface area contributed by atoms with Crippen molar-refractivity contribution >= 4 is 15.7 Å². The maximum atomic E-state index is 12.1. The van der Waals surface area contributed by atoms with Gasteiger partial charge in [-0.05, 0) is 43.9 Å². The second kappa shape index (κ2) is 4.33. The van der Waals surface area contributed by atoms with Crippen LogP contribution >= 0.6 is 0 Å². The lowest BCUT2D eigenvalue weighted by atomic mass is 10.1. The third-order valence-corrected chi connectivity index (χ3v) is 4.51. The summed E-state index contributed by atoms with van der Waals surface area (Å²) in [4.78, 5) is 10.0. The molecule has 0 spiro atoms. The molecular formula is C11H14N2O4S. The van der Waals surface area contributed by atoms with E-state index in [1.54, 1.807) is 13.8 Å². The summed E-state index contributed by atoms with van der Waals surface area (Å²) in [5.74, 6) is 0. The molecule has 0 aromatic heterocycles. The quantitative estimate of drug-likeness (QED) is 0.665. The molecule has 0 radical (unpaired) electrons. The van der Waals surface area contributed by atoms with Gasteiger partial charge in [0.05, 0.1) is 4.92 Å². The van der Waals surface area contributed by atoms with Gasteiger partial charge in [0, 0.05) is 12.1 Å². The van der Waals surface area contributed by atoms with Crippen LogP contribution in [0.5, 0.6) is 0 Å². The summed E-state index contributed by atoms with van der Waals surface area (Å²) in [6, 6.07) is 2.59. The number of nitrogens with zero attached hydrogens (tertiary/aromatic N) is 1. The predicted octanol–water partition coefficient (Wildman–Crippen LogP) is 1.65. The first kappa shape index (κ1) is 13.0. The summed E-state index contributed by atoms with van der Waals surface area (Å²) < 4.78 is 26.6. The number of nitrogens with one attached hydrogen (secondary N) is 1. The zero-order valence-electron chi connectivity index (χ0n) is 10.1. The van der Waals surface area contributed by atoms with Crippen molar-refractivity contribution in [1.82, 2.24) is 4.72 Å². The summed E-state index contributed by atoms with van der Waals surface area (Å²) >= 11 is 0. The molecule has 2 rings (SSSR count). The molecule has 0 unspecified atom stereocenters. The number of nitro benzene ring substituents is 1. The molecule has 18 heavy (non-hydrogen) atoms. The van der Waals surface area contributed by atoms with E-state index in [1.165, 1.54) is 12.1 Å². The largest absolute Gasteiger partial charge is 0.289 e. The number of benzene rings is 1. The number of nitro groups is 1. The van der Waals surface area contributed by atoms with Crippen molar-refractivity contribution in [3.05, 3.63) is 33.4 Å². The second-order valence-corrected chi connectivity index (χ2v) is 6.24. The van der Waals surface area contributed by atoms with E-state index in [-0.39, 0.29) is 16.6 Å². The molecular weight excluding hydrogens is 256 g/mol. The number of sulfonamides is 1. The van der Waals surface area contributed by atoms with Crippen LogP contribution in [-0.2, 0) is 10.0 Å². The number of aryl methyl sites for hydroxylation is 2. The van der Waals surface area contributed by atoms with Gasteiger partial charge in [0.15, 0.2) is 4.90 Å². The van der Waals surface area contributed by atoms with E-state index < -0.39 is 14.9 Å². The fourth-order valence-electron chi connectivity index (χ4n) is 1.62. The molecule has 6 nitrogen and oxygen atoms in total. The summed E-state index contributed by atoms with van der Waals surface area (Å²) in [5, 5.41) is 10.9. The van der Waals surface area contributed by atoms with E-state index in [4.69, 9.17) is 0 Å². The van der Waals surface area contributed by atoms with E-state index in [2.05, 4.69) is 4.72 Å². The first-order valence-electron chi connectivity index (χ1n) is 5.59. The van der Waals surface area contributed by atoms with Crippen LogP contribution in [0.1, 0.15) is 24.0 Å². The van der Waals surface area contributed by atoms with E-state index in [9.17, 15) is 18.5 Å². The Morgan fingerprint density at radius 2 is 1.83 bits per heavy atom. The highest BCUT2D eigenvalue weighted by molar-refractivity contribution is 7.89. The Kier molecular flexibility index (Phi) is 3.12. The zero-order valence-corrected chi connectivity index (χ0v) is 11.0. The molecule has 1 fully saturated rings. The first-order chi connectivity index (χ1) is 8.31. The van der Waals surface area contributed by atoms with E-state index in [0.29, 0.717) is 5.56 Å². The Balaban J connectivity index is 2.54. The van der Waals surface area contributed by atoms with Gasteiger partial charge in [-0.2, -0.15) is 0 Å². The van der Waals surface area contributed by atoms with E-state index in [1.807, 2.05) is 0 Å². The van der Waals surface area contributed by atoms with Crippen LogP contribution in [0, 0.1) is 24.0 Å². The van der Waals surface area contributed by atoms with Crippen LogP contribution < -0.4 is 4.72 Å². The van der Waals surface area contributed by atoms with Crippen molar-refractivity contribution in [2.75, 3.05) is 0 Å². The Morgan fingerprint density at radius 3 is 2.33 bits per heavy atom. The van der Waals surface area contributed by atoms with Gasteiger partial charge >= 0.3 is 0 Å². The molecule has 1 saturated carbocycles. The van der Waals surface area contributed by atoms with Crippen LogP contribution in [0.2, 0.25) is 0 Å². The molecule has 0 atom stereocenters. The van der Waals surface area contributed by atoms with Crippen molar-refractivity contribution < 1.29 is 13.3 Å². The Morgan fingerprint density at radius 1 is 1.28 bits per heavy atom.